The van der Waals surface area contributed by atoms with E-state index in [9.17, 15) is 18.0 Å². The van der Waals surface area contributed by atoms with Crippen molar-refractivity contribution in [2.24, 2.45) is 10.2 Å². The number of alkyl halides is 3. The number of halogens is 3. The van der Waals surface area contributed by atoms with Gasteiger partial charge in [-0.3, -0.25) is 0 Å². The second kappa shape index (κ2) is 9.49. The number of carboxylic acids is 1. The number of aromatic nitrogens is 2. The van der Waals surface area contributed by atoms with Gasteiger partial charge in [0.25, 0.3) is 0 Å². The molecule has 0 amide bonds. The number of hydrogen-bond acceptors (Lipinski definition) is 6. The number of nitrogens with one attached hydrogen (secondary N) is 1. The summed E-state index contributed by atoms with van der Waals surface area (Å²) in [5.41, 5.74) is 1.76. The van der Waals surface area contributed by atoms with E-state index in [1.54, 1.807) is 42.5 Å². The van der Waals surface area contributed by atoms with E-state index in [0.717, 1.165) is 12.1 Å². The summed E-state index contributed by atoms with van der Waals surface area (Å²) in [6.45, 7) is 0. The number of benzene rings is 3. The summed E-state index contributed by atoms with van der Waals surface area (Å²) in [6, 6.07) is 19.4. The minimum Gasteiger partial charge on any atom is -0.478 e. The Balaban J connectivity index is 1.58. The van der Waals surface area contributed by atoms with E-state index in [4.69, 9.17) is 5.11 Å². The van der Waals surface area contributed by atoms with E-state index < -0.39 is 17.7 Å². The van der Waals surface area contributed by atoms with Crippen molar-refractivity contribution < 1.29 is 23.1 Å². The molecule has 0 radical (unpaired) electrons. The van der Waals surface area contributed by atoms with Crippen LogP contribution >= 0.6 is 0 Å². The van der Waals surface area contributed by atoms with Gasteiger partial charge in [0, 0.05) is 17.4 Å². The molecule has 0 aliphatic carbocycles. The standard InChI is InChI=1S/C24H16F3N5O2/c25-24(26,27)16-8-10-17(11-9-16)29-23-28-13-12-20(30-23)19-6-1-2-7-21(19)32-31-18-5-3-4-15(14-18)22(33)34/h1-14H,(H,33,34)(H,28,29,30). The van der Waals surface area contributed by atoms with Gasteiger partial charge in [-0.2, -0.15) is 18.3 Å². The molecule has 1 aromatic heterocycles. The average molecular weight is 463 g/mol. The zero-order valence-electron chi connectivity index (χ0n) is 17.4. The quantitative estimate of drug-likeness (QED) is 0.299. The highest BCUT2D eigenvalue weighted by atomic mass is 19.4. The lowest BCUT2D eigenvalue weighted by atomic mass is 10.1. The molecule has 0 unspecified atom stereocenters. The third-order valence-corrected chi connectivity index (χ3v) is 4.67. The fourth-order valence-electron chi connectivity index (χ4n) is 3.03. The van der Waals surface area contributed by atoms with Gasteiger partial charge in [0.1, 0.15) is 0 Å². The molecule has 0 fully saturated rings. The number of nitrogens with zero attached hydrogens (tertiary/aromatic N) is 4. The largest absolute Gasteiger partial charge is 0.478 e. The molecule has 10 heteroatoms. The summed E-state index contributed by atoms with van der Waals surface area (Å²) < 4.78 is 38.3. The highest BCUT2D eigenvalue weighted by Crippen LogP contribution is 2.32. The van der Waals surface area contributed by atoms with Gasteiger partial charge in [-0.05, 0) is 54.6 Å². The Labute approximate surface area is 191 Å². The first-order valence-electron chi connectivity index (χ1n) is 9.91. The number of carbonyl (C=O) groups is 1. The highest BCUT2D eigenvalue weighted by molar-refractivity contribution is 5.88. The first kappa shape index (κ1) is 22.6. The van der Waals surface area contributed by atoms with Crippen LogP contribution < -0.4 is 5.32 Å². The molecule has 7 nitrogen and oxygen atoms in total. The van der Waals surface area contributed by atoms with Gasteiger partial charge in [-0.25, -0.2) is 14.8 Å². The van der Waals surface area contributed by atoms with Gasteiger partial charge in [0.2, 0.25) is 5.95 Å². The Bertz CT molecular complexity index is 1360. The second-order valence-electron chi connectivity index (χ2n) is 7.04. The third-order valence-electron chi connectivity index (χ3n) is 4.67. The van der Waals surface area contributed by atoms with Crippen molar-refractivity contribution in [1.82, 2.24) is 9.97 Å². The smallest absolute Gasteiger partial charge is 0.416 e. The van der Waals surface area contributed by atoms with Crippen molar-refractivity contribution in [1.29, 1.82) is 0 Å². The Hall–Kier alpha value is -4.60. The molecule has 0 spiro atoms. The summed E-state index contributed by atoms with van der Waals surface area (Å²) in [4.78, 5) is 19.7. The van der Waals surface area contributed by atoms with E-state index in [-0.39, 0.29) is 11.5 Å². The maximum absolute atomic E-state index is 12.8. The van der Waals surface area contributed by atoms with Gasteiger partial charge < -0.3 is 10.4 Å². The van der Waals surface area contributed by atoms with Crippen LogP contribution in [0, 0.1) is 0 Å². The molecule has 4 aromatic rings. The summed E-state index contributed by atoms with van der Waals surface area (Å²) in [5, 5.41) is 20.4. The van der Waals surface area contributed by atoms with Crippen LogP contribution in [0.25, 0.3) is 11.3 Å². The van der Waals surface area contributed by atoms with Crippen LogP contribution in [-0.4, -0.2) is 21.0 Å². The van der Waals surface area contributed by atoms with Crippen molar-refractivity contribution >= 4 is 29.0 Å². The molecule has 2 N–H and O–H groups in total. The molecule has 0 saturated carbocycles. The normalized spacial score (nSPS) is 11.5. The highest BCUT2D eigenvalue weighted by Gasteiger charge is 2.29. The van der Waals surface area contributed by atoms with E-state index in [0.29, 0.717) is 28.3 Å². The molecule has 1 heterocycles. The summed E-state index contributed by atoms with van der Waals surface area (Å²) in [6.07, 6.45) is -2.90. The minimum atomic E-state index is -4.41. The number of aromatic carboxylic acids is 1. The maximum atomic E-state index is 12.8. The van der Waals surface area contributed by atoms with Crippen molar-refractivity contribution in [3.63, 3.8) is 0 Å². The first-order chi connectivity index (χ1) is 16.3. The number of carboxylic acid groups (broad SMARTS) is 1. The molecular weight excluding hydrogens is 447 g/mol. The summed E-state index contributed by atoms with van der Waals surface area (Å²) >= 11 is 0. The average Bonchev–Trinajstić information content (AvgIpc) is 2.83. The predicted octanol–water partition coefficient (Wildman–Crippen LogP) is 7.02. The maximum Gasteiger partial charge on any atom is 0.416 e. The predicted molar refractivity (Wildman–Crippen MR) is 120 cm³/mol. The van der Waals surface area contributed by atoms with Crippen LogP contribution in [0.2, 0.25) is 0 Å². The van der Waals surface area contributed by atoms with Crippen LogP contribution in [0.5, 0.6) is 0 Å². The molecule has 0 aliphatic rings. The van der Waals surface area contributed by atoms with Gasteiger partial charge in [0.15, 0.2) is 0 Å². The summed E-state index contributed by atoms with van der Waals surface area (Å²) in [5.74, 6) is -0.871. The third kappa shape index (κ3) is 5.41. The molecule has 4 rings (SSSR count). The fraction of sp³-hybridized carbons (Fsp3) is 0.0417. The van der Waals surface area contributed by atoms with E-state index in [1.165, 1.54) is 30.5 Å². The van der Waals surface area contributed by atoms with E-state index in [2.05, 4.69) is 25.5 Å². The molecule has 3 aromatic carbocycles. The first-order valence-corrected chi connectivity index (χ1v) is 9.91. The SMILES string of the molecule is O=C(O)c1cccc(N=Nc2ccccc2-c2ccnc(Nc3ccc(C(F)(F)F)cc3)n2)c1. The number of hydrogen-bond donors (Lipinski definition) is 2. The van der Waals surface area contributed by atoms with Crippen molar-refractivity contribution in [3.8, 4) is 11.3 Å². The zero-order chi connectivity index (χ0) is 24.1. The summed E-state index contributed by atoms with van der Waals surface area (Å²) in [7, 11) is 0. The Morgan fingerprint density at radius 2 is 1.68 bits per heavy atom. The van der Waals surface area contributed by atoms with E-state index in [1.807, 2.05) is 0 Å². The monoisotopic (exact) mass is 463 g/mol. The number of rotatable bonds is 6. The zero-order valence-corrected chi connectivity index (χ0v) is 17.4. The lowest BCUT2D eigenvalue weighted by Crippen LogP contribution is -2.04. The Morgan fingerprint density at radius 3 is 2.41 bits per heavy atom. The Kier molecular flexibility index (Phi) is 6.30. The van der Waals surface area contributed by atoms with Crippen LogP contribution in [-0.2, 0) is 6.18 Å². The molecule has 0 atom stereocenters. The molecule has 0 saturated heterocycles. The van der Waals surface area contributed by atoms with E-state index >= 15 is 0 Å². The van der Waals surface area contributed by atoms with Crippen molar-refractivity contribution in [3.05, 3.63) is 96.2 Å². The van der Waals surface area contributed by atoms with Crippen LogP contribution in [0.1, 0.15) is 15.9 Å². The molecule has 170 valence electrons. The second-order valence-corrected chi connectivity index (χ2v) is 7.04. The molecule has 34 heavy (non-hydrogen) atoms. The topological polar surface area (TPSA) is 99.8 Å². The lowest BCUT2D eigenvalue weighted by Gasteiger charge is -2.10. The Morgan fingerprint density at radius 1 is 0.912 bits per heavy atom. The minimum absolute atomic E-state index is 0.0968. The van der Waals surface area contributed by atoms with Crippen molar-refractivity contribution in [2.75, 3.05) is 5.32 Å². The van der Waals surface area contributed by atoms with Gasteiger partial charge in [0.05, 0.1) is 28.2 Å². The van der Waals surface area contributed by atoms with Crippen LogP contribution in [0.15, 0.2) is 95.3 Å². The van der Waals surface area contributed by atoms with Gasteiger partial charge in [-0.15, -0.1) is 5.11 Å². The molecular formula is C24H16F3N5O2. The number of azo groups is 1. The molecule has 0 aliphatic heterocycles. The van der Waals surface area contributed by atoms with Gasteiger partial charge >= 0.3 is 12.1 Å². The van der Waals surface area contributed by atoms with Gasteiger partial charge in [-0.1, -0.05) is 24.3 Å². The number of anilines is 2. The lowest BCUT2D eigenvalue weighted by molar-refractivity contribution is -0.137. The fourth-order valence-corrected chi connectivity index (χ4v) is 3.03. The molecule has 0 bridgehead atoms. The van der Waals surface area contributed by atoms with Crippen molar-refractivity contribution in [2.45, 2.75) is 6.18 Å². The van der Waals surface area contributed by atoms with Crippen LogP contribution in [0.4, 0.5) is 36.2 Å². The van der Waals surface area contributed by atoms with Crippen LogP contribution in [0.3, 0.4) is 0 Å².